The van der Waals surface area contributed by atoms with E-state index in [4.69, 9.17) is 4.74 Å². The van der Waals surface area contributed by atoms with Crippen LogP contribution in [0.4, 0.5) is 0 Å². The van der Waals surface area contributed by atoms with Crippen molar-refractivity contribution in [3.63, 3.8) is 0 Å². The number of hydrogen-bond donors (Lipinski definition) is 1. The zero-order valence-electron chi connectivity index (χ0n) is 10.9. The first-order chi connectivity index (χ1) is 8.40. The van der Waals surface area contributed by atoms with Crippen LogP contribution in [0.1, 0.15) is 29.5 Å². The van der Waals surface area contributed by atoms with Gasteiger partial charge in [0.2, 0.25) is 10.0 Å². The Morgan fingerprint density at radius 3 is 2.72 bits per heavy atom. The lowest BCUT2D eigenvalue weighted by atomic mass is 10.1. The van der Waals surface area contributed by atoms with Gasteiger partial charge >= 0.3 is 0 Å². The normalized spacial score (nSPS) is 22.3. The van der Waals surface area contributed by atoms with Gasteiger partial charge in [0, 0.05) is 22.4 Å². The second-order valence-electron chi connectivity index (χ2n) is 4.74. The molecule has 102 valence electrons. The molecule has 0 aliphatic carbocycles. The van der Waals surface area contributed by atoms with Gasteiger partial charge in [0.15, 0.2) is 0 Å². The lowest BCUT2D eigenvalue weighted by Crippen LogP contribution is -2.40. The van der Waals surface area contributed by atoms with Gasteiger partial charge < -0.3 is 4.74 Å². The average Bonchev–Trinajstić information content (AvgIpc) is 2.86. The zero-order chi connectivity index (χ0) is 13.3. The Hall–Kier alpha value is -0.430. The highest BCUT2D eigenvalue weighted by molar-refractivity contribution is 7.89. The third-order valence-electron chi connectivity index (χ3n) is 3.15. The summed E-state index contributed by atoms with van der Waals surface area (Å²) in [6.45, 7) is 6.35. The van der Waals surface area contributed by atoms with Gasteiger partial charge in [-0.05, 0) is 39.7 Å². The molecular formula is C12H19NO3S2. The first-order valence-corrected chi connectivity index (χ1v) is 8.41. The molecule has 2 atom stereocenters. The summed E-state index contributed by atoms with van der Waals surface area (Å²) in [5.74, 6) is 0. The lowest BCUT2D eigenvalue weighted by molar-refractivity contribution is 0.0902. The predicted molar refractivity (Wildman–Crippen MR) is 72.6 cm³/mol. The van der Waals surface area contributed by atoms with Crippen molar-refractivity contribution in [2.45, 2.75) is 50.7 Å². The van der Waals surface area contributed by atoms with Crippen molar-refractivity contribution < 1.29 is 13.2 Å². The summed E-state index contributed by atoms with van der Waals surface area (Å²) >= 11 is 1.51. The highest BCUT2D eigenvalue weighted by Gasteiger charge is 2.28. The number of aryl methyl sites for hydroxylation is 2. The lowest BCUT2D eigenvalue weighted by Gasteiger charge is -2.19. The molecule has 1 N–H and O–H groups in total. The molecule has 1 saturated heterocycles. The molecule has 1 aromatic heterocycles. The Morgan fingerprint density at radius 2 is 2.22 bits per heavy atom. The van der Waals surface area contributed by atoms with Gasteiger partial charge in [0.25, 0.3) is 0 Å². The van der Waals surface area contributed by atoms with E-state index in [1.807, 2.05) is 20.8 Å². The highest BCUT2D eigenvalue weighted by atomic mass is 32.2. The Kier molecular flexibility index (Phi) is 4.11. The fourth-order valence-electron chi connectivity index (χ4n) is 2.26. The van der Waals surface area contributed by atoms with Crippen LogP contribution in [0, 0.1) is 13.8 Å². The molecule has 2 rings (SSSR count). The molecule has 0 spiro atoms. The molecule has 0 radical (unpaired) electrons. The molecule has 0 amide bonds. The summed E-state index contributed by atoms with van der Waals surface area (Å²) in [7, 11) is -3.43. The zero-order valence-corrected chi connectivity index (χ0v) is 12.5. The SMILES string of the molecule is Cc1cc(S(=O)(=O)N[C@@H](C)[C@H]2CCCO2)c(C)s1. The fraction of sp³-hybridized carbons (Fsp3) is 0.667. The van der Waals surface area contributed by atoms with Gasteiger partial charge in [-0.3, -0.25) is 0 Å². The van der Waals surface area contributed by atoms with E-state index in [1.54, 1.807) is 6.07 Å². The largest absolute Gasteiger partial charge is 0.377 e. The van der Waals surface area contributed by atoms with E-state index in [-0.39, 0.29) is 12.1 Å². The second kappa shape index (κ2) is 5.28. The van der Waals surface area contributed by atoms with Crippen molar-refractivity contribution >= 4 is 21.4 Å². The van der Waals surface area contributed by atoms with Crippen molar-refractivity contribution in [1.29, 1.82) is 0 Å². The van der Waals surface area contributed by atoms with Crippen LogP contribution in [0.2, 0.25) is 0 Å². The summed E-state index contributed by atoms with van der Waals surface area (Å²) in [6.07, 6.45) is 1.93. The summed E-state index contributed by atoms with van der Waals surface area (Å²) in [5, 5.41) is 0. The Bertz CT molecular complexity index is 515. The van der Waals surface area contributed by atoms with Crippen LogP contribution < -0.4 is 4.72 Å². The first kappa shape index (κ1) is 14.0. The van der Waals surface area contributed by atoms with Gasteiger partial charge in [-0.25, -0.2) is 13.1 Å². The summed E-state index contributed by atoms with van der Waals surface area (Å²) in [4.78, 5) is 2.24. The minimum atomic E-state index is -3.43. The van der Waals surface area contributed by atoms with Crippen molar-refractivity contribution in [1.82, 2.24) is 4.72 Å². The minimum Gasteiger partial charge on any atom is -0.377 e. The maximum absolute atomic E-state index is 12.3. The molecule has 2 heterocycles. The molecule has 4 nitrogen and oxygen atoms in total. The number of sulfonamides is 1. The summed E-state index contributed by atoms with van der Waals surface area (Å²) in [6, 6.07) is 1.54. The van der Waals surface area contributed by atoms with Crippen LogP contribution in [0.15, 0.2) is 11.0 Å². The van der Waals surface area contributed by atoms with E-state index in [2.05, 4.69) is 4.72 Å². The third kappa shape index (κ3) is 2.93. The number of rotatable bonds is 4. The highest BCUT2D eigenvalue weighted by Crippen LogP contribution is 2.25. The average molecular weight is 289 g/mol. The van der Waals surface area contributed by atoms with Crippen molar-refractivity contribution in [2.24, 2.45) is 0 Å². The maximum Gasteiger partial charge on any atom is 0.242 e. The summed E-state index contributed by atoms with van der Waals surface area (Å²) in [5.41, 5.74) is 0. The molecule has 6 heteroatoms. The molecular weight excluding hydrogens is 270 g/mol. The number of nitrogens with one attached hydrogen (secondary N) is 1. The second-order valence-corrected chi connectivity index (χ2v) is 7.88. The quantitative estimate of drug-likeness (QED) is 0.924. The maximum atomic E-state index is 12.3. The molecule has 0 aromatic carbocycles. The standard InChI is InChI=1S/C12H19NO3S2/c1-8-7-12(10(3)17-8)18(14,15)13-9(2)11-5-4-6-16-11/h7,9,11,13H,4-6H2,1-3H3/t9-,11+/m0/s1. The van der Waals surface area contributed by atoms with Gasteiger partial charge in [-0.15, -0.1) is 11.3 Å². The van der Waals surface area contributed by atoms with E-state index in [0.717, 1.165) is 29.2 Å². The van der Waals surface area contributed by atoms with Crippen LogP contribution >= 0.6 is 11.3 Å². The topological polar surface area (TPSA) is 55.4 Å². The van der Waals surface area contributed by atoms with Gasteiger partial charge in [-0.2, -0.15) is 0 Å². The molecule has 0 bridgehead atoms. The van der Waals surface area contributed by atoms with E-state index in [9.17, 15) is 8.42 Å². The van der Waals surface area contributed by atoms with Gasteiger partial charge in [0.05, 0.1) is 11.0 Å². The molecule has 1 aliphatic rings. The fourth-order valence-corrected chi connectivity index (χ4v) is 5.08. The van der Waals surface area contributed by atoms with Crippen LogP contribution in [0.25, 0.3) is 0 Å². The van der Waals surface area contributed by atoms with Gasteiger partial charge in [0.1, 0.15) is 0 Å². The molecule has 18 heavy (non-hydrogen) atoms. The molecule has 0 unspecified atom stereocenters. The van der Waals surface area contributed by atoms with Crippen LogP contribution in [0.5, 0.6) is 0 Å². The van der Waals surface area contributed by atoms with Crippen LogP contribution in [0.3, 0.4) is 0 Å². The Labute approximate surface area is 112 Å². The van der Waals surface area contributed by atoms with Crippen LogP contribution in [-0.2, 0) is 14.8 Å². The van der Waals surface area contributed by atoms with E-state index in [1.165, 1.54) is 11.3 Å². The van der Waals surface area contributed by atoms with Crippen molar-refractivity contribution in [2.75, 3.05) is 6.61 Å². The first-order valence-electron chi connectivity index (χ1n) is 6.11. The Balaban J connectivity index is 2.14. The van der Waals surface area contributed by atoms with E-state index >= 15 is 0 Å². The third-order valence-corrected chi connectivity index (χ3v) is 5.93. The van der Waals surface area contributed by atoms with Crippen molar-refractivity contribution in [3.8, 4) is 0 Å². The van der Waals surface area contributed by atoms with Crippen molar-refractivity contribution in [3.05, 3.63) is 15.8 Å². The molecule has 1 fully saturated rings. The number of hydrogen-bond acceptors (Lipinski definition) is 4. The smallest absolute Gasteiger partial charge is 0.242 e. The summed E-state index contributed by atoms with van der Waals surface area (Å²) < 4.78 is 32.8. The van der Waals surface area contributed by atoms with Gasteiger partial charge in [-0.1, -0.05) is 0 Å². The van der Waals surface area contributed by atoms with E-state index < -0.39 is 10.0 Å². The molecule has 0 saturated carbocycles. The Morgan fingerprint density at radius 1 is 1.50 bits per heavy atom. The minimum absolute atomic E-state index is 0.000172. The molecule has 1 aliphatic heterocycles. The molecule has 1 aromatic rings. The predicted octanol–water partition coefficient (Wildman–Crippen LogP) is 2.21. The van der Waals surface area contributed by atoms with Crippen LogP contribution in [-0.4, -0.2) is 27.2 Å². The number of ether oxygens (including phenoxy) is 1. The number of thiophene rings is 1. The monoisotopic (exact) mass is 289 g/mol. The van der Waals surface area contributed by atoms with E-state index in [0.29, 0.717) is 4.90 Å².